The van der Waals surface area contributed by atoms with Gasteiger partial charge in [0.15, 0.2) is 5.76 Å². The fourth-order valence-corrected chi connectivity index (χ4v) is 3.73. The number of nitrogens with two attached hydrogens (primary N) is 1. The summed E-state index contributed by atoms with van der Waals surface area (Å²) in [5.41, 5.74) is 8.75. The maximum Gasteiger partial charge on any atom is 0.291 e. The first-order valence-corrected chi connectivity index (χ1v) is 10.9. The lowest BCUT2D eigenvalue weighted by atomic mass is 10.0. The summed E-state index contributed by atoms with van der Waals surface area (Å²) in [4.78, 5) is 13.1. The Labute approximate surface area is 172 Å². The molecule has 0 fully saturated rings. The molecule has 0 radical (unpaired) electrons. The maximum atomic E-state index is 13.2. The van der Waals surface area contributed by atoms with E-state index in [1.165, 1.54) is 24.5 Å². The average Bonchev–Trinajstić information content (AvgIpc) is 3.13. The van der Waals surface area contributed by atoms with Crippen LogP contribution in [0.2, 0.25) is 0 Å². The summed E-state index contributed by atoms with van der Waals surface area (Å²) in [6, 6.07) is 17.4. The summed E-state index contributed by atoms with van der Waals surface area (Å²) in [6.07, 6.45) is 1.33. The van der Waals surface area contributed by atoms with E-state index in [2.05, 4.69) is 5.32 Å². The molecule has 152 valence electrons. The molecular weight excluding hydrogens is 405 g/mol. The van der Waals surface area contributed by atoms with E-state index in [4.69, 9.17) is 14.9 Å². The molecule has 1 aromatic heterocycles. The van der Waals surface area contributed by atoms with Gasteiger partial charge >= 0.3 is 0 Å². The second kappa shape index (κ2) is 7.31. The first kappa shape index (κ1) is 19.7. The highest BCUT2D eigenvalue weighted by molar-refractivity contribution is 7.91. The lowest BCUT2D eigenvalue weighted by molar-refractivity contribution is 0.0998. The molecule has 1 amide bonds. The molecule has 0 spiro atoms. The highest BCUT2D eigenvalue weighted by Crippen LogP contribution is 2.29. The summed E-state index contributed by atoms with van der Waals surface area (Å²) in [6.45, 7) is 0. The smallest absolute Gasteiger partial charge is 0.291 e. The number of rotatable bonds is 4. The molecule has 4 rings (SSSR count). The van der Waals surface area contributed by atoms with Crippen LogP contribution in [-0.4, -0.2) is 16.4 Å². The van der Waals surface area contributed by atoms with Gasteiger partial charge in [0, 0.05) is 16.5 Å². The Morgan fingerprint density at radius 1 is 1.03 bits per heavy atom. The van der Waals surface area contributed by atoms with Crippen molar-refractivity contribution in [2.75, 3.05) is 17.3 Å². The SMILES string of the molecule is CS(=N)(=O)c1ccc2oc(C(=O)Nc3cc(-c4ccc(F)cc4)ccc3N)cc2c1. The number of carbonyl (C=O) groups excluding carboxylic acids is 1. The third kappa shape index (κ3) is 3.90. The first-order valence-electron chi connectivity index (χ1n) is 8.95. The molecule has 4 aromatic rings. The molecule has 1 atom stereocenters. The summed E-state index contributed by atoms with van der Waals surface area (Å²) >= 11 is 0. The molecule has 8 heteroatoms. The van der Waals surface area contributed by atoms with Crippen LogP contribution in [-0.2, 0) is 9.73 Å². The highest BCUT2D eigenvalue weighted by atomic mass is 32.2. The van der Waals surface area contributed by atoms with Crippen LogP contribution in [0.25, 0.3) is 22.1 Å². The number of furan rings is 1. The number of amides is 1. The lowest BCUT2D eigenvalue weighted by Crippen LogP contribution is -2.12. The van der Waals surface area contributed by atoms with Crippen LogP contribution in [0.15, 0.2) is 76.0 Å². The summed E-state index contributed by atoms with van der Waals surface area (Å²) in [5, 5.41) is 3.30. The normalized spacial score (nSPS) is 13.1. The second-order valence-corrected chi connectivity index (χ2v) is 9.08. The summed E-state index contributed by atoms with van der Waals surface area (Å²) < 4.78 is 38.4. The van der Waals surface area contributed by atoms with E-state index in [1.807, 2.05) is 0 Å². The number of halogens is 1. The van der Waals surface area contributed by atoms with Crippen molar-refractivity contribution in [1.82, 2.24) is 0 Å². The first-order chi connectivity index (χ1) is 14.2. The Kier molecular flexibility index (Phi) is 4.79. The number of carbonyl (C=O) groups is 1. The Hall–Kier alpha value is -3.65. The van der Waals surface area contributed by atoms with E-state index < -0.39 is 15.6 Å². The van der Waals surface area contributed by atoms with Gasteiger partial charge in [-0.05, 0) is 59.7 Å². The van der Waals surface area contributed by atoms with Crippen molar-refractivity contribution in [3.63, 3.8) is 0 Å². The van der Waals surface area contributed by atoms with Crippen LogP contribution in [0, 0.1) is 10.6 Å². The minimum atomic E-state index is -2.88. The van der Waals surface area contributed by atoms with Gasteiger partial charge < -0.3 is 15.5 Å². The second-order valence-electron chi connectivity index (χ2n) is 6.92. The predicted molar refractivity (Wildman–Crippen MR) is 115 cm³/mol. The van der Waals surface area contributed by atoms with Gasteiger partial charge in [-0.2, -0.15) is 0 Å². The lowest BCUT2D eigenvalue weighted by Gasteiger charge is -2.10. The minimum Gasteiger partial charge on any atom is -0.451 e. The van der Waals surface area contributed by atoms with Gasteiger partial charge in [-0.15, -0.1) is 0 Å². The molecule has 0 aliphatic carbocycles. The van der Waals surface area contributed by atoms with Crippen molar-refractivity contribution < 1.29 is 17.8 Å². The van der Waals surface area contributed by atoms with E-state index in [0.717, 1.165) is 11.1 Å². The van der Waals surface area contributed by atoms with Crippen LogP contribution in [0.4, 0.5) is 15.8 Å². The van der Waals surface area contributed by atoms with Crippen molar-refractivity contribution in [2.24, 2.45) is 0 Å². The number of nitrogens with one attached hydrogen (secondary N) is 2. The molecule has 3 aromatic carbocycles. The number of benzene rings is 3. The van der Waals surface area contributed by atoms with Gasteiger partial charge in [-0.25, -0.2) is 13.4 Å². The Bertz CT molecular complexity index is 1380. The topological polar surface area (TPSA) is 109 Å². The minimum absolute atomic E-state index is 0.0568. The van der Waals surface area contributed by atoms with Gasteiger partial charge in [-0.1, -0.05) is 18.2 Å². The quantitative estimate of drug-likeness (QED) is 0.396. The van der Waals surface area contributed by atoms with Gasteiger partial charge in [0.25, 0.3) is 5.91 Å². The maximum absolute atomic E-state index is 13.2. The van der Waals surface area contributed by atoms with Crippen molar-refractivity contribution in [1.29, 1.82) is 4.78 Å². The van der Waals surface area contributed by atoms with Crippen LogP contribution in [0.1, 0.15) is 10.6 Å². The molecule has 1 unspecified atom stereocenters. The number of fused-ring (bicyclic) bond motifs is 1. The zero-order valence-corrected chi connectivity index (χ0v) is 16.8. The number of anilines is 2. The van der Waals surface area contributed by atoms with E-state index in [1.54, 1.807) is 48.5 Å². The van der Waals surface area contributed by atoms with Gasteiger partial charge in [0.1, 0.15) is 11.4 Å². The van der Waals surface area contributed by atoms with Gasteiger partial charge in [-0.3, -0.25) is 4.79 Å². The largest absolute Gasteiger partial charge is 0.451 e. The van der Waals surface area contributed by atoms with Crippen LogP contribution in [0.5, 0.6) is 0 Å². The molecule has 0 saturated carbocycles. The summed E-state index contributed by atoms with van der Waals surface area (Å²) in [7, 11) is -2.88. The van der Waals surface area contributed by atoms with Crippen molar-refractivity contribution in [2.45, 2.75) is 4.90 Å². The number of hydrogen-bond donors (Lipinski definition) is 3. The van der Waals surface area contributed by atoms with E-state index in [0.29, 0.717) is 27.2 Å². The molecule has 0 aliphatic rings. The van der Waals surface area contributed by atoms with E-state index >= 15 is 0 Å². The molecule has 6 nitrogen and oxygen atoms in total. The van der Waals surface area contributed by atoms with Crippen molar-refractivity contribution in [3.8, 4) is 11.1 Å². The average molecular weight is 423 g/mol. The van der Waals surface area contributed by atoms with Crippen LogP contribution in [0.3, 0.4) is 0 Å². The summed E-state index contributed by atoms with van der Waals surface area (Å²) in [5.74, 6) is -0.778. The zero-order valence-electron chi connectivity index (χ0n) is 15.9. The Balaban J connectivity index is 1.63. The number of hydrogen-bond acceptors (Lipinski definition) is 5. The molecule has 0 saturated heterocycles. The van der Waals surface area contributed by atoms with E-state index in [9.17, 15) is 13.4 Å². The van der Waals surface area contributed by atoms with Crippen molar-refractivity contribution in [3.05, 3.63) is 78.3 Å². The molecule has 4 N–H and O–H groups in total. The Morgan fingerprint density at radius 3 is 2.43 bits per heavy atom. The molecule has 30 heavy (non-hydrogen) atoms. The number of nitrogen functional groups attached to an aromatic ring is 1. The van der Waals surface area contributed by atoms with Crippen molar-refractivity contribution >= 4 is 38.0 Å². The standard InChI is InChI=1S/C22H18FN3O3S/c1-30(25,28)17-7-9-20-15(10-17)12-21(29-20)22(27)26-19-11-14(4-8-18(19)24)13-2-5-16(23)6-3-13/h2-12,25H,24H2,1H3,(H,26,27). The molecule has 0 bridgehead atoms. The van der Waals surface area contributed by atoms with Gasteiger partial charge in [0.2, 0.25) is 0 Å². The highest BCUT2D eigenvalue weighted by Gasteiger charge is 2.16. The van der Waals surface area contributed by atoms with E-state index in [-0.39, 0.29) is 11.6 Å². The third-order valence-corrected chi connectivity index (χ3v) is 5.79. The monoisotopic (exact) mass is 423 g/mol. The third-order valence-electron chi connectivity index (χ3n) is 4.64. The van der Waals surface area contributed by atoms with Crippen LogP contribution >= 0.6 is 0 Å². The zero-order chi connectivity index (χ0) is 21.5. The fraction of sp³-hybridized carbons (Fsp3) is 0.0455. The molecule has 1 heterocycles. The van der Waals surface area contributed by atoms with Crippen LogP contribution < -0.4 is 11.1 Å². The fourth-order valence-electron chi connectivity index (χ4n) is 3.05. The molecule has 0 aliphatic heterocycles. The Morgan fingerprint density at radius 2 is 1.73 bits per heavy atom. The predicted octanol–water partition coefficient (Wildman–Crippen LogP) is 5.11. The molecular formula is C22H18FN3O3S. The van der Waals surface area contributed by atoms with Gasteiger partial charge in [0.05, 0.1) is 21.1 Å².